The first-order chi connectivity index (χ1) is 14.2. The number of halogens is 1. The van der Waals surface area contributed by atoms with Crippen molar-refractivity contribution >= 4 is 17.9 Å². The third-order valence-electron chi connectivity index (χ3n) is 4.79. The third-order valence-corrected chi connectivity index (χ3v) is 4.79. The Bertz CT molecular complexity index is 731. The Kier molecular flexibility index (Phi) is 8.62. The lowest BCUT2D eigenvalue weighted by atomic mass is 10.0. The van der Waals surface area contributed by atoms with Crippen molar-refractivity contribution in [2.24, 2.45) is 0 Å². The van der Waals surface area contributed by atoms with Crippen LogP contribution < -0.4 is 10.6 Å². The van der Waals surface area contributed by atoms with Crippen molar-refractivity contribution in [2.75, 3.05) is 19.6 Å². The molecule has 2 rings (SSSR count). The molecule has 0 aliphatic carbocycles. The minimum absolute atomic E-state index is 0.0155. The van der Waals surface area contributed by atoms with Crippen LogP contribution in [0.1, 0.15) is 63.2 Å². The predicted molar refractivity (Wildman–Crippen MR) is 112 cm³/mol. The molecule has 1 aromatic rings. The highest BCUT2D eigenvalue weighted by atomic mass is 19.1. The topological polar surface area (TPSA) is 87.7 Å². The fourth-order valence-electron chi connectivity index (χ4n) is 3.34. The van der Waals surface area contributed by atoms with Crippen molar-refractivity contribution in [2.45, 2.75) is 64.5 Å². The zero-order chi connectivity index (χ0) is 22.1. The van der Waals surface area contributed by atoms with Crippen LogP contribution in [-0.2, 0) is 9.53 Å². The SMILES string of the molecule is CC(C)(C)OC(=O)NCC1CCCCN1C(=O)CCCNC(=O)c1ccc(F)cc1. The van der Waals surface area contributed by atoms with Gasteiger partial charge in [-0.05, 0) is 70.7 Å². The van der Waals surface area contributed by atoms with Crippen LogP contribution >= 0.6 is 0 Å². The van der Waals surface area contributed by atoms with Gasteiger partial charge < -0.3 is 20.3 Å². The number of amides is 3. The first-order valence-electron chi connectivity index (χ1n) is 10.5. The highest BCUT2D eigenvalue weighted by molar-refractivity contribution is 5.94. The number of nitrogens with zero attached hydrogens (tertiary/aromatic N) is 1. The van der Waals surface area contributed by atoms with Gasteiger partial charge in [-0.1, -0.05) is 0 Å². The summed E-state index contributed by atoms with van der Waals surface area (Å²) in [4.78, 5) is 38.4. The van der Waals surface area contributed by atoms with Crippen LogP contribution in [0.5, 0.6) is 0 Å². The van der Waals surface area contributed by atoms with Crippen LogP contribution in [0.25, 0.3) is 0 Å². The number of ether oxygens (including phenoxy) is 1. The molecule has 0 aromatic heterocycles. The Morgan fingerprint density at radius 3 is 2.50 bits per heavy atom. The van der Waals surface area contributed by atoms with Gasteiger partial charge in [-0.25, -0.2) is 9.18 Å². The Morgan fingerprint density at radius 1 is 1.13 bits per heavy atom. The van der Waals surface area contributed by atoms with E-state index in [1.165, 1.54) is 24.3 Å². The molecule has 166 valence electrons. The molecular formula is C22H32FN3O4. The molecule has 0 spiro atoms. The molecular weight excluding hydrogens is 389 g/mol. The normalized spacial score (nSPS) is 16.7. The van der Waals surface area contributed by atoms with Crippen molar-refractivity contribution in [3.05, 3.63) is 35.6 Å². The zero-order valence-corrected chi connectivity index (χ0v) is 18.0. The van der Waals surface area contributed by atoms with Crippen LogP contribution in [0.15, 0.2) is 24.3 Å². The number of carbonyl (C=O) groups excluding carboxylic acids is 3. The summed E-state index contributed by atoms with van der Waals surface area (Å²) in [6.07, 6.45) is 3.13. The maximum Gasteiger partial charge on any atom is 0.407 e. The number of rotatable bonds is 7. The van der Waals surface area contributed by atoms with E-state index in [2.05, 4.69) is 10.6 Å². The highest BCUT2D eigenvalue weighted by Gasteiger charge is 2.27. The van der Waals surface area contributed by atoms with Gasteiger partial charge in [0.05, 0.1) is 0 Å². The number of likely N-dealkylation sites (tertiary alicyclic amines) is 1. The Hall–Kier alpha value is -2.64. The van der Waals surface area contributed by atoms with Crippen molar-refractivity contribution in [1.29, 1.82) is 0 Å². The molecule has 7 nitrogen and oxygen atoms in total. The summed E-state index contributed by atoms with van der Waals surface area (Å²) in [5.74, 6) is -0.670. The van der Waals surface area contributed by atoms with Gasteiger partial charge in [0.25, 0.3) is 5.91 Å². The smallest absolute Gasteiger partial charge is 0.407 e. The fraction of sp³-hybridized carbons (Fsp3) is 0.591. The largest absolute Gasteiger partial charge is 0.444 e. The maximum absolute atomic E-state index is 12.9. The van der Waals surface area contributed by atoms with E-state index in [-0.39, 0.29) is 17.9 Å². The minimum Gasteiger partial charge on any atom is -0.444 e. The number of alkyl carbamates (subject to hydrolysis) is 1. The Morgan fingerprint density at radius 2 is 1.83 bits per heavy atom. The lowest BCUT2D eigenvalue weighted by Gasteiger charge is -2.36. The molecule has 1 fully saturated rings. The molecule has 1 aromatic carbocycles. The minimum atomic E-state index is -0.565. The summed E-state index contributed by atoms with van der Waals surface area (Å²) in [7, 11) is 0. The predicted octanol–water partition coefficient (Wildman–Crippen LogP) is 3.24. The molecule has 1 saturated heterocycles. The van der Waals surface area contributed by atoms with E-state index >= 15 is 0 Å². The monoisotopic (exact) mass is 421 g/mol. The average molecular weight is 422 g/mol. The van der Waals surface area contributed by atoms with Crippen LogP contribution in [-0.4, -0.2) is 54.1 Å². The number of benzene rings is 1. The molecule has 0 radical (unpaired) electrons. The van der Waals surface area contributed by atoms with Gasteiger partial charge in [-0.3, -0.25) is 9.59 Å². The number of piperidine rings is 1. The van der Waals surface area contributed by atoms with Crippen molar-refractivity contribution < 1.29 is 23.5 Å². The molecule has 0 bridgehead atoms. The van der Waals surface area contributed by atoms with E-state index in [9.17, 15) is 18.8 Å². The Balaban J connectivity index is 1.74. The number of hydrogen-bond donors (Lipinski definition) is 2. The second kappa shape index (κ2) is 10.9. The highest BCUT2D eigenvalue weighted by Crippen LogP contribution is 2.18. The molecule has 0 saturated carbocycles. The van der Waals surface area contributed by atoms with Gasteiger partial charge in [0.15, 0.2) is 0 Å². The zero-order valence-electron chi connectivity index (χ0n) is 18.0. The molecule has 8 heteroatoms. The summed E-state index contributed by atoms with van der Waals surface area (Å²) in [6.45, 7) is 6.80. The molecule has 2 N–H and O–H groups in total. The van der Waals surface area contributed by atoms with Gasteiger partial charge >= 0.3 is 6.09 Å². The summed E-state index contributed by atoms with van der Waals surface area (Å²) >= 11 is 0. The number of nitrogens with one attached hydrogen (secondary N) is 2. The van der Waals surface area contributed by atoms with Gasteiger partial charge in [-0.2, -0.15) is 0 Å². The Labute approximate surface area is 177 Å². The summed E-state index contributed by atoms with van der Waals surface area (Å²) in [6, 6.07) is 5.27. The van der Waals surface area contributed by atoms with Crippen molar-refractivity contribution in [3.8, 4) is 0 Å². The molecule has 1 heterocycles. The van der Waals surface area contributed by atoms with Crippen molar-refractivity contribution in [1.82, 2.24) is 15.5 Å². The van der Waals surface area contributed by atoms with Crippen molar-refractivity contribution in [3.63, 3.8) is 0 Å². The quantitative estimate of drug-likeness (QED) is 0.662. The van der Waals surface area contributed by atoms with E-state index in [1.807, 2.05) is 4.90 Å². The molecule has 1 aliphatic heterocycles. The van der Waals surface area contributed by atoms with E-state index < -0.39 is 17.5 Å². The first kappa shape index (κ1) is 23.6. The average Bonchev–Trinajstić information content (AvgIpc) is 2.69. The third kappa shape index (κ3) is 8.00. The lowest BCUT2D eigenvalue weighted by Crippen LogP contribution is -2.50. The van der Waals surface area contributed by atoms with Crippen LogP contribution in [0, 0.1) is 5.82 Å². The van der Waals surface area contributed by atoms with E-state index in [4.69, 9.17) is 4.74 Å². The van der Waals surface area contributed by atoms with Gasteiger partial charge in [0.2, 0.25) is 5.91 Å². The molecule has 30 heavy (non-hydrogen) atoms. The second-order valence-electron chi connectivity index (χ2n) is 8.49. The van der Waals surface area contributed by atoms with E-state index in [1.54, 1.807) is 20.8 Å². The van der Waals surface area contributed by atoms with Crippen LogP contribution in [0.2, 0.25) is 0 Å². The summed E-state index contributed by atoms with van der Waals surface area (Å²) < 4.78 is 18.2. The van der Waals surface area contributed by atoms with Gasteiger partial charge in [0.1, 0.15) is 11.4 Å². The molecule has 1 aliphatic rings. The van der Waals surface area contributed by atoms with E-state index in [0.717, 1.165) is 19.3 Å². The van der Waals surface area contributed by atoms with Crippen LogP contribution in [0.3, 0.4) is 0 Å². The first-order valence-corrected chi connectivity index (χ1v) is 10.5. The standard InChI is InChI=1S/C22H32FN3O4/c1-22(2,3)30-21(29)25-15-18-7-4-5-14-26(18)19(27)8-6-13-24-20(28)16-9-11-17(23)12-10-16/h9-12,18H,4-8,13-15H2,1-3H3,(H,24,28)(H,25,29). The van der Waals surface area contributed by atoms with E-state index in [0.29, 0.717) is 38.0 Å². The van der Waals surface area contributed by atoms with Gasteiger partial charge in [-0.15, -0.1) is 0 Å². The molecule has 1 unspecified atom stereocenters. The van der Waals surface area contributed by atoms with Crippen LogP contribution in [0.4, 0.5) is 9.18 Å². The second-order valence-corrected chi connectivity index (χ2v) is 8.49. The summed E-state index contributed by atoms with van der Waals surface area (Å²) in [5, 5.41) is 5.50. The van der Waals surface area contributed by atoms with Gasteiger partial charge in [0, 0.05) is 37.7 Å². The summed E-state index contributed by atoms with van der Waals surface area (Å²) in [5.41, 5.74) is -0.183. The maximum atomic E-state index is 12.9. The number of hydrogen-bond acceptors (Lipinski definition) is 4. The molecule has 3 amide bonds. The number of carbonyl (C=O) groups is 3. The fourth-order valence-corrected chi connectivity index (χ4v) is 3.34. The lowest BCUT2D eigenvalue weighted by molar-refractivity contribution is -0.134. The molecule has 1 atom stereocenters.